The van der Waals surface area contributed by atoms with E-state index in [-0.39, 0.29) is 0 Å². The fraction of sp³-hybridized carbons (Fsp3) is 0.308. The minimum Gasteiger partial charge on any atom is -0.0824 e. The summed E-state index contributed by atoms with van der Waals surface area (Å²) in [6.45, 7) is 4.56. The van der Waals surface area contributed by atoms with Gasteiger partial charge in [-0.2, -0.15) is 0 Å². The molecule has 0 nitrogen and oxygen atoms in total. The minimum atomic E-state index is 0.620. The molecule has 0 bridgehead atoms. The Balaban J connectivity index is 1.53. The summed E-state index contributed by atoms with van der Waals surface area (Å²) in [6, 6.07) is 26.4. The van der Waals surface area contributed by atoms with E-state index in [1.165, 1.54) is 47.6 Å². The second-order valence-corrected chi connectivity index (χ2v) is 7.62. The lowest BCUT2D eigenvalue weighted by Crippen LogP contribution is -1.95. The molecule has 3 rings (SSSR count). The van der Waals surface area contributed by atoms with Gasteiger partial charge in [-0.15, -0.1) is 0 Å². The van der Waals surface area contributed by atoms with Gasteiger partial charge in [0.1, 0.15) is 0 Å². The van der Waals surface area contributed by atoms with Gasteiger partial charge in [-0.3, -0.25) is 0 Å². The molecule has 3 aromatic rings. The van der Waals surface area contributed by atoms with Gasteiger partial charge in [0.15, 0.2) is 0 Å². The van der Waals surface area contributed by atoms with Gasteiger partial charge in [0.2, 0.25) is 0 Å². The van der Waals surface area contributed by atoms with E-state index in [2.05, 4.69) is 92.7 Å². The van der Waals surface area contributed by atoms with Crippen LogP contribution < -0.4 is 0 Å². The normalized spacial score (nSPS) is 12.0. The smallest absolute Gasteiger partial charge is 0.00670 e. The van der Waals surface area contributed by atoms with Gasteiger partial charge >= 0.3 is 0 Å². The van der Waals surface area contributed by atoms with E-state index in [9.17, 15) is 0 Å². The molecule has 0 aromatic heterocycles. The highest BCUT2D eigenvalue weighted by Gasteiger charge is 2.03. The monoisotopic (exact) mass is 342 g/mol. The van der Waals surface area contributed by atoms with Crippen LogP contribution in [0.1, 0.15) is 44.2 Å². The van der Waals surface area contributed by atoms with Gasteiger partial charge in [0.05, 0.1) is 0 Å². The molecule has 0 aliphatic heterocycles. The maximum atomic E-state index is 2.46. The van der Waals surface area contributed by atoms with Crippen molar-refractivity contribution in [3.63, 3.8) is 0 Å². The summed E-state index contributed by atoms with van der Waals surface area (Å²) >= 11 is 0. The van der Waals surface area contributed by atoms with Crippen LogP contribution in [0.3, 0.4) is 0 Å². The van der Waals surface area contributed by atoms with Crippen LogP contribution in [0.4, 0.5) is 0 Å². The highest BCUT2D eigenvalue weighted by Crippen LogP contribution is 2.20. The second-order valence-electron chi connectivity index (χ2n) is 7.62. The first kappa shape index (κ1) is 18.5. The molecule has 0 unspecified atom stereocenters. The first-order valence-electron chi connectivity index (χ1n) is 9.92. The maximum Gasteiger partial charge on any atom is -0.00670 e. The van der Waals surface area contributed by atoms with Gasteiger partial charge in [-0.1, -0.05) is 98.3 Å². The standard InChI is InChI=1S/C26H30/c1-21(2)18-24(19-22-10-4-3-5-11-22)13-7-6-12-23-16-17-25-14-8-9-15-26(25)20-23/h3-5,8-11,14-18,20-21H,6-7,12-13,19H2,1-2H3. The largest absolute Gasteiger partial charge is 0.0824 e. The van der Waals surface area contributed by atoms with Crippen LogP contribution in [0.25, 0.3) is 10.8 Å². The number of benzene rings is 3. The molecule has 0 fully saturated rings. The Kier molecular flexibility index (Phi) is 6.66. The van der Waals surface area contributed by atoms with E-state index in [1.807, 2.05) is 0 Å². The molecule has 3 aromatic carbocycles. The molecule has 134 valence electrons. The molecule has 0 aliphatic rings. The Morgan fingerprint density at radius 2 is 1.50 bits per heavy atom. The molecule has 0 radical (unpaired) electrons. The van der Waals surface area contributed by atoms with Gasteiger partial charge in [0.25, 0.3) is 0 Å². The van der Waals surface area contributed by atoms with Gasteiger partial charge in [-0.25, -0.2) is 0 Å². The van der Waals surface area contributed by atoms with E-state index in [0.717, 1.165) is 6.42 Å². The third kappa shape index (κ3) is 5.59. The zero-order chi connectivity index (χ0) is 18.2. The Hall–Kier alpha value is -2.34. The Labute approximate surface area is 158 Å². The molecule has 0 heteroatoms. The summed E-state index contributed by atoms with van der Waals surface area (Å²) in [5, 5.41) is 2.69. The van der Waals surface area contributed by atoms with Crippen molar-refractivity contribution in [3.8, 4) is 0 Å². The molecule has 0 amide bonds. The third-order valence-electron chi connectivity index (χ3n) is 4.87. The number of rotatable bonds is 8. The first-order valence-corrected chi connectivity index (χ1v) is 9.92. The van der Waals surface area contributed by atoms with Crippen molar-refractivity contribution in [1.29, 1.82) is 0 Å². The van der Waals surface area contributed by atoms with Crippen LogP contribution in [0.15, 0.2) is 84.4 Å². The SMILES string of the molecule is CC(C)C=C(CCCCc1ccc2ccccc2c1)Cc1ccccc1. The molecule has 0 saturated carbocycles. The summed E-state index contributed by atoms with van der Waals surface area (Å²) in [5.41, 5.74) is 4.47. The minimum absolute atomic E-state index is 0.620. The Bertz CT molecular complexity index is 840. The number of unbranched alkanes of at least 4 members (excludes halogenated alkanes) is 1. The molecule has 0 heterocycles. The van der Waals surface area contributed by atoms with Crippen molar-refractivity contribution in [2.24, 2.45) is 5.92 Å². The van der Waals surface area contributed by atoms with Crippen molar-refractivity contribution in [2.75, 3.05) is 0 Å². The molecular weight excluding hydrogens is 312 g/mol. The van der Waals surface area contributed by atoms with Crippen LogP contribution in [0.2, 0.25) is 0 Å². The number of hydrogen-bond donors (Lipinski definition) is 0. The van der Waals surface area contributed by atoms with Gasteiger partial charge in [-0.05, 0) is 59.9 Å². The fourth-order valence-electron chi connectivity index (χ4n) is 3.64. The quantitative estimate of drug-likeness (QED) is 0.296. The zero-order valence-electron chi connectivity index (χ0n) is 16.1. The topological polar surface area (TPSA) is 0 Å². The van der Waals surface area contributed by atoms with E-state index < -0.39 is 0 Å². The molecule has 0 saturated heterocycles. The first-order chi connectivity index (χ1) is 12.7. The van der Waals surface area contributed by atoms with Crippen LogP contribution >= 0.6 is 0 Å². The highest BCUT2D eigenvalue weighted by molar-refractivity contribution is 5.82. The van der Waals surface area contributed by atoms with Gasteiger partial charge in [0, 0.05) is 0 Å². The van der Waals surface area contributed by atoms with Crippen LogP contribution in [0, 0.1) is 5.92 Å². The average Bonchev–Trinajstić information content (AvgIpc) is 2.65. The van der Waals surface area contributed by atoms with Crippen LogP contribution in [-0.4, -0.2) is 0 Å². The molecule has 0 N–H and O–H groups in total. The summed E-state index contributed by atoms with van der Waals surface area (Å²) in [6.07, 6.45) is 8.45. The van der Waals surface area contributed by atoms with E-state index in [1.54, 1.807) is 5.57 Å². The summed E-state index contributed by atoms with van der Waals surface area (Å²) in [5.74, 6) is 0.620. The van der Waals surface area contributed by atoms with Crippen molar-refractivity contribution < 1.29 is 0 Å². The summed E-state index contributed by atoms with van der Waals surface area (Å²) in [4.78, 5) is 0. The number of aryl methyl sites for hydroxylation is 1. The maximum absolute atomic E-state index is 2.46. The van der Waals surface area contributed by atoms with Gasteiger partial charge < -0.3 is 0 Å². The number of hydrogen-bond acceptors (Lipinski definition) is 0. The predicted octanol–water partition coefficient (Wildman–Crippen LogP) is 7.38. The lowest BCUT2D eigenvalue weighted by Gasteiger charge is -2.10. The van der Waals surface area contributed by atoms with Crippen molar-refractivity contribution in [1.82, 2.24) is 0 Å². The van der Waals surface area contributed by atoms with E-state index >= 15 is 0 Å². The summed E-state index contributed by atoms with van der Waals surface area (Å²) in [7, 11) is 0. The second kappa shape index (κ2) is 9.38. The third-order valence-corrected chi connectivity index (χ3v) is 4.87. The molecule has 0 atom stereocenters. The fourth-order valence-corrected chi connectivity index (χ4v) is 3.64. The lowest BCUT2D eigenvalue weighted by atomic mass is 9.95. The molecule has 0 aliphatic carbocycles. The van der Waals surface area contributed by atoms with E-state index in [4.69, 9.17) is 0 Å². The Morgan fingerprint density at radius 3 is 2.27 bits per heavy atom. The van der Waals surface area contributed by atoms with E-state index in [0.29, 0.717) is 5.92 Å². The number of fused-ring (bicyclic) bond motifs is 1. The molecule has 26 heavy (non-hydrogen) atoms. The average molecular weight is 343 g/mol. The van der Waals surface area contributed by atoms with Crippen molar-refractivity contribution in [3.05, 3.63) is 95.6 Å². The van der Waals surface area contributed by atoms with Crippen molar-refractivity contribution >= 4 is 10.8 Å². The Morgan fingerprint density at radius 1 is 0.769 bits per heavy atom. The van der Waals surface area contributed by atoms with Crippen molar-refractivity contribution in [2.45, 2.75) is 46.0 Å². The van der Waals surface area contributed by atoms with Crippen LogP contribution in [-0.2, 0) is 12.8 Å². The van der Waals surface area contributed by atoms with Crippen LogP contribution in [0.5, 0.6) is 0 Å². The zero-order valence-corrected chi connectivity index (χ0v) is 16.1. The number of allylic oxidation sites excluding steroid dienone is 2. The molecule has 0 spiro atoms. The predicted molar refractivity (Wildman–Crippen MR) is 115 cm³/mol. The summed E-state index contributed by atoms with van der Waals surface area (Å²) < 4.78 is 0. The molecular formula is C26H30. The highest BCUT2D eigenvalue weighted by atomic mass is 14.1. The lowest BCUT2D eigenvalue weighted by molar-refractivity contribution is 0.707.